The Labute approximate surface area is 237 Å². The SMILES string of the molecule is CC(C)CCC[C@H](C)[C@H]1CC[C@H]2[C@@H]3CC=C4C[C@@H](OC(=O)CSCC(C)C(N)=O)CC[C@]4(C)[C@H]3CC[C@]12C. The van der Waals surface area contributed by atoms with Gasteiger partial charge < -0.3 is 10.5 Å². The van der Waals surface area contributed by atoms with Crippen molar-refractivity contribution in [2.24, 2.45) is 58.0 Å². The Balaban J connectivity index is 1.34. The molecular formula is C33H55NO3S. The third-order valence-electron chi connectivity index (χ3n) is 11.6. The van der Waals surface area contributed by atoms with E-state index in [0.29, 0.717) is 16.9 Å². The van der Waals surface area contributed by atoms with Crippen LogP contribution in [-0.2, 0) is 14.3 Å². The first kappa shape index (κ1) is 30.0. The molecular weight excluding hydrogens is 490 g/mol. The molecule has 3 saturated carbocycles. The number of hydrogen-bond donors (Lipinski definition) is 1. The molecule has 4 aliphatic carbocycles. The highest BCUT2D eigenvalue weighted by Gasteiger charge is 2.59. The van der Waals surface area contributed by atoms with Crippen LogP contribution in [0.25, 0.3) is 0 Å². The van der Waals surface area contributed by atoms with Gasteiger partial charge in [0.15, 0.2) is 0 Å². The van der Waals surface area contributed by atoms with Gasteiger partial charge in [0.25, 0.3) is 0 Å². The average molecular weight is 546 g/mol. The molecule has 0 aromatic rings. The maximum atomic E-state index is 12.5. The Morgan fingerprint density at radius 1 is 1.05 bits per heavy atom. The maximum absolute atomic E-state index is 12.5. The van der Waals surface area contributed by atoms with Crippen molar-refractivity contribution in [3.05, 3.63) is 11.6 Å². The monoisotopic (exact) mass is 545 g/mol. The quantitative estimate of drug-likeness (QED) is 0.212. The molecule has 0 saturated heterocycles. The van der Waals surface area contributed by atoms with E-state index in [0.717, 1.165) is 54.8 Å². The van der Waals surface area contributed by atoms with Crippen LogP contribution in [0.5, 0.6) is 0 Å². The molecule has 2 N–H and O–H groups in total. The molecule has 1 amide bonds. The van der Waals surface area contributed by atoms with Crippen LogP contribution >= 0.6 is 11.8 Å². The third-order valence-corrected chi connectivity index (χ3v) is 12.8. The summed E-state index contributed by atoms with van der Waals surface area (Å²) in [6, 6.07) is 0. The zero-order valence-electron chi connectivity index (χ0n) is 25.1. The van der Waals surface area contributed by atoms with Crippen LogP contribution in [0.4, 0.5) is 0 Å². The Morgan fingerprint density at radius 2 is 1.82 bits per heavy atom. The van der Waals surface area contributed by atoms with Gasteiger partial charge in [-0.3, -0.25) is 9.59 Å². The molecule has 5 heteroatoms. The van der Waals surface area contributed by atoms with Crippen LogP contribution in [0.15, 0.2) is 11.6 Å². The van der Waals surface area contributed by atoms with Crippen LogP contribution in [-0.4, -0.2) is 29.5 Å². The fourth-order valence-corrected chi connectivity index (χ4v) is 10.2. The molecule has 0 heterocycles. The summed E-state index contributed by atoms with van der Waals surface area (Å²) in [4.78, 5) is 23.7. The number of carbonyl (C=O) groups excluding carboxylic acids is 2. The molecule has 3 fully saturated rings. The highest BCUT2D eigenvalue weighted by atomic mass is 32.2. The summed E-state index contributed by atoms with van der Waals surface area (Å²) in [5, 5.41) is 0. The van der Waals surface area contributed by atoms with Crippen molar-refractivity contribution < 1.29 is 14.3 Å². The van der Waals surface area contributed by atoms with Gasteiger partial charge in [0, 0.05) is 18.1 Å². The normalized spacial score (nSPS) is 38.0. The van der Waals surface area contributed by atoms with Crippen molar-refractivity contribution in [1.29, 1.82) is 0 Å². The number of rotatable bonds is 11. The molecule has 38 heavy (non-hydrogen) atoms. The summed E-state index contributed by atoms with van der Waals surface area (Å²) in [6.45, 7) is 14.3. The van der Waals surface area contributed by atoms with E-state index in [1.165, 1.54) is 63.1 Å². The number of amides is 1. The fraction of sp³-hybridized carbons (Fsp3) is 0.879. The van der Waals surface area contributed by atoms with Crippen molar-refractivity contribution in [3.63, 3.8) is 0 Å². The minimum Gasteiger partial charge on any atom is -0.461 e. The number of nitrogens with two attached hydrogens (primary N) is 1. The first-order valence-corrected chi connectivity index (χ1v) is 16.9. The van der Waals surface area contributed by atoms with E-state index in [9.17, 15) is 9.59 Å². The fourth-order valence-electron chi connectivity index (χ4n) is 9.37. The lowest BCUT2D eigenvalue weighted by atomic mass is 9.47. The van der Waals surface area contributed by atoms with Gasteiger partial charge in [-0.2, -0.15) is 0 Å². The number of primary amides is 1. The second kappa shape index (κ2) is 12.3. The third kappa shape index (κ3) is 6.18. The molecule has 9 atom stereocenters. The second-order valence-corrected chi connectivity index (χ2v) is 15.5. The number of thioether (sulfide) groups is 1. The van der Waals surface area contributed by atoms with E-state index >= 15 is 0 Å². The van der Waals surface area contributed by atoms with Crippen LogP contribution in [0.1, 0.15) is 112 Å². The second-order valence-electron chi connectivity index (χ2n) is 14.5. The molecule has 0 aliphatic heterocycles. The van der Waals surface area contributed by atoms with Crippen molar-refractivity contribution in [3.8, 4) is 0 Å². The zero-order valence-corrected chi connectivity index (χ0v) is 25.9. The molecule has 1 unspecified atom stereocenters. The number of esters is 1. The van der Waals surface area contributed by atoms with Gasteiger partial charge in [0.1, 0.15) is 6.10 Å². The first-order valence-electron chi connectivity index (χ1n) is 15.7. The van der Waals surface area contributed by atoms with E-state index in [1.54, 1.807) is 12.5 Å². The van der Waals surface area contributed by atoms with Gasteiger partial charge in [0.2, 0.25) is 5.91 Å². The predicted octanol–water partition coefficient (Wildman–Crippen LogP) is 7.79. The van der Waals surface area contributed by atoms with Gasteiger partial charge in [-0.25, -0.2) is 0 Å². The molecule has 216 valence electrons. The van der Waals surface area contributed by atoms with Crippen LogP contribution in [0.2, 0.25) is 0 Å². The van der Waals surface area contributed by atoms with E-state index in [1.807, 2.05) is 0 Å². The van der Waals surface area contributed by atoms with E-state index < -0.39 is 0 Å². The highest BCUT2D eigenvalue weighted by Crippen LogP contribution is 2.67. The van der Waals surface area contributed by atoms with Crippen molar-refractivity contribution in [2.45, 2.75) is 118 Å². The van der Waals surface area contributed by atoms with Gasteiger partial charge in [-0.15, -0.1) is 11.8 Å². The van der Waals surface area contributed by atoms with Crippen molar-refractivity contribution in [1.82, 2.24) is 0 Å². The summed E-state index contributed by atoms with van der Waals surface area (Å²) in [7, 11) is 0. The summed E-state index contributed by atoms with van der Waals surface area (Å²) < 4.78 is 5.92. The Morgan fingerprint density at radius 3 is 2.53 bits per heavy atom. The smallest absolute Gasteiger partial charge is 0.316 e. The molecule has 0 bridgehead atoms. The molecule has 0 aromatic carbocycles. The number of hydrogen-bond acceptors (Lipinski definition) is 4. The topological polar surface area (TPSA) is 69.4 Å². The standard InChI is InChI=1S/C33H55NO3S/c1-21(2)8-7-9-22(3)27-12-13-28-26-11-10-24-18-25(37-30(35)20-38-19-23(4)31(34)36)14-16-32(24,5)29(26)15-17-33(27,28)6/h10,21-23,25-29H,7-9,11-20H2,1-6H3,(H2,34,36)/t22-,23?,25-,26-,27+,28-,29-,32-,33+/m0/s1. The van der Waals surface area contributed by atoms with E-state index in [2.05, 4.69) is 40.7 Å². The lowest BCUT2D eigenvalue weighted by Crippen LogP contribution is -2.51. The van der Waals surface area contributed by atoms with Gasteiger partial charge in [-0.05, 0) is 91.3 Å². The van der Waals surface area contributed by atoms with Gasteiger partial charge in [-0.1, -0.05) is 72.5 Å². The molecule has 4 rings (SSSR count). The Kier molecular flexibility index (Phi) is 9.69. The van der Waals surface area contributed by atoms with E-state index in [4.69, 9.17) is 10.5 Å². The lowest BCUT2D eigenvalue weighted by Gasteiger charge is -2.58. The average Bonchev–Trinajstić information content (AvgIpc) is 3.21. The Bertz CT molecular complexity index is 885. The molecule has 0 radical (unpaired) electrons. The first-order chi connectivity index (χ1) is 18.0. The summed E-state index contributed by atoms with van der Waals surface area (Å²) in [5.41, 5.74) is 7.70. The van der Waals surface area contributed by atoms with Crippen molar-refractivity contribution >= 4 is 23.6 Å². The minimum absolute atomic E-state index is 0.00365. The van der Waals surface area contributed by atoms with Crippen LogP contribution in [0, 0.1) is 52.3 Å². The summed E-state index contributed by atoms with van der Waals surface area (Å²) in [6.07, 6.45) is 16.7. The number of carbonyl (C=O) groups is 2. The molecule has 0 spiro atoms. The van der Waals surface area contributed by atoms with Crippen LogP contribution < -0.4 is 5.73 Å². The van der Waals surface area contributed by atoms with Crippen LogP contribution in [0.3, 0.4) is 0 Å². The lowest BCUT2D eigenvalue weighted by molar-refractivity contribution is -0.148. The molecule has 4 aliphatic rings. The predicted molar refractivity (Wildman–Crippen MR) is 159 cm³/mol. The molecule has 4 nitrogen and oxygen atoms in total. The number of allylic oxidation sites excluding steroid dienone is 1. The van der Waals surface area contributed by atoms with Gasteiger partial charge >= 0.3 is 5.97 Å². The summed E-state index contributed by atoms with van der Waals surface area (Å²) in [5.74, 6) is 5.26. The van der Waals surface area contributed by atoms with Crippen molar-refractivity contribution in [2.75, 3.05) is 11.5 Å². The van der Waals surface area contributed by atoms with E-state index in [-0.39, 0.29) is 29.3 Å². The highest BCUT2D eigenvalue weighted by molar-refractivity contribution is 7.99. The maximum Gasteiger partial charge on any atom is 0.316 e. The molecule has 0 aromatic heterocycles. The zero-order chi connectivity index (χ0) is 27.7. The van der Waals surface area contributed by atoms with Gasteiger partial charge in [0.05, 0.1) is 5.75 Å². The minimum atomic E-state index is -0.313. The summed E-state index contributed by atoms with van der Waals surface area (Å²) >= 11 is 1.45. The number of fused-ring (bicyclic) bond motifs is 5. The largest absolute Gasteiger partial charge is 0.461 e. The number of ether oxygens (including phenoxy) is 1. The Hall–Kier alpha value is -0.970.